The molecule has 2 N–H and O–H groups in total. The number of anilines is 1. The molecule has 6 nitrogen and oxygen atoms in total. The zero-order valence-electron chi connectivity index (χ0n) is 14.3. The Balaban J connectivity index is 1.53. The number of ether oxygens (including phenoxy) is 2. The van der Waals surface area contributed by atoms with Gasteiger partial charge in [0, 0.05) is 31.6 Å². The lowest BCUT2D eigenvalue weighted by molar-refractivity contribution is 0.0946. The predicted octanol–water partition coefficient (Wildman–Crippen LogP) is 2.61. The standard InChI is InChI=1S/C19H23N3O3/c1-24-16-6-4-14(5-7-16)12-22-19(23)18-11-15(8-9-20-18)21-13-17-3-2-10-25-17/h4-9,11,17H,2-3,10,12-13H2,1H3,(H,20,21)(H,22,23). The number of amides is 1. The summed E-state index contributed by atoms with van der Waals surface area (Å²) < 4.78 is 10.7. The Bertz CT molecular complexity index is 697. The number of carbonyl (C=O) groups excluding carboxylic acids is 1. The molecule has 1 fully saturated rings. The van der Waals surface area contributed by atoms with E-state index in [2.05, 4.69) is 15.6 Å². The summed E-state index contributed by atoms with van der Waals surface area (Å²) >= 11 is 0. The van der Waals surface area contributed by atoms with Gasteiger partial charge >= 0.3 is 0 Å². The molecule has 0 spiro atoms. The molecule has 0 saturated carbocycles. The van der Waals surface area contributed by atoms with Gasteiger partial charge in [-0.05, 0) is 42.7 Å². The van der Waals surface area contributed by atoms with Crippen molar-refractivity contribution in [2.45, 2.75) is 25.5 Å². The van der Waals surface area contributed by atoms with Crippen LogP contribution in [0.1, 0.15) is 28.9 Å². The second-order valence-corrected chi connectivity index (χ2v) is 5.98. The first-order valence-corrected chi connectivity index (χ1v) is 8.47. The molecule has 1 aliphatic heterocycles. The fourth-order valence-electron chi connectivity index (χ4n) is 2.72. The van der Waals surface area contributed by atoms with Crippen molar-refractivity contribution in [3.63, 3.8) is 0 Å². The Kier molecular flexibility index (Phi) is 5.85. The quantitative estimate of drug-likeness (QED) is 0.810. The minimum atomic E-state index is -0.198. The lowest BCUT2D eigenvalue weighted by atomic mass is 10.2. The molecule has 1 aromatic heterocycles. The first-order valence-electron chi connectivity index (χ1n) is 8.47. The summed E-state index contributed by atoms with van der Waals surface area (Å²) in [6, 6.07) is 11.2. The molecular weight excluding hydrogens is 318 g/mol. The molecular formula is C19H23N3O3. The van der Waals surface area contributed by atoms with E-state index in [0.717, 1.165) is 43.0 Å². The van der Waals surface area contributed by atoms with Gasteiger partial charge in [0.2, 0.25) is 0 Å². The maximum Gasteiger partial charge on any atom is 0.270 e. The fraction of sp³-hybridized carbons (Fsp3) is 0.368. The number of pyridine rings is 1. The molecule has 132 valence electrons. The van der Waals surface area contributed by atoms with Gasteiger partial charge in [-0.25, -0.2) is 0 Å². The van der Waals surface area contributed by atoms with Crippen LogP contribution in [-0.4, -0.2) is 37.3 Å². The second-order valence-electron chi connectivity index (χ2n) is 5.98. The highest BCUT2D eigenvalue weighted by molar-refractivity contribution is 5.93. The van der Waals surface area contributed by atoms with Gasteiger partial charge in [0.1, 0.15) is 11.4 Å². The minimum Gasteiger partial charge on any atom is -0.497 e. The molecule has 1 unspecified atom stereocenters. The van der Waals surface area contributed by atoms with E-state index in [0.29, 0.717) is 12.2 Å². The normalized spacial score (nSPS) is 16.4. The van der Waals surface area contributed by atoms with E-state index in [1.54, 1.807) is 19.4 Å². The van der Waals surface area contributed by atoms with E-state index in [9.17, 15) is 4.79 Å². The van der Waals surface area contributed by atoms with Gasteiger partial charge < -0.3 is 20.1 Å². The Morgan fingerprint density at radius 2 is 2.16 bits per heavy atom. The van der Waals surface area contributed by atoms with E-state index < -0.39 is 0 Å². The fourth-order valence-corrected chi connectivity index (χ4v) is 2.72. The lowest BCUT2D eigenvalue weighted by Gasteiger charge is -2.12. The molecule has 1 atom stereocenters. The van der Waals surface area contributed by atoms with Crippen molar-refractivity contribution in [2.75, 3.05) is 25.6 Å². The smallest absolute Gasteiger partial charge is 0.270 e. The Labute approximate surface area is 147 Å². The summed E-state index contributed by atoms with van der Waals surface area (Å²) in [6.45, 7) is 2.02. The molecule has 2 heterocycles. The van der Waals surface area contributed by atoms with Gasteiger partial charge in [0.05, 0.1) is 13.2 Å². The summed E-state index contributed by atoms with van der Waals surface area (Å²) in [5.74, 6) is 0.596. The molecule has 0 bridgehead atoms. The second kappa shape index (κ2) is 8.48. The van der Waals surface area contributed by atoms with Crippen LogP contribution in [0.15, 0.2) is 42.6 Å². The number of benzene rings is 1. The maximum atomic E-state index is 12.3. The monoisotopic (exact) mass is 341 g/mol. The van der Waals surface area contributed by atoms with Crippen molar-refractivity contribution in [1.29, 1.82) is 0 Å². The third-order valence-corrected chi connectivity index (χ3v) is 4.16. The van der Waals surface area contributed by atoms with Crippen molar-refractivity contribution >= 4 is 11.6 Å². The molecule has 1 aromatic carbocycles. The highest BCUT2D eigenvalue weighted by Gasteiger charge is 2.15. The number of rotatable bonds is 7. The van der Waals surface area contributed by atoms with Crippen molar-refractivity contribution in [1.82, 2.24) is 10.3 Å². The van der Waals surface area contributed by atoms with E-state index in [1.807, 2.05) is 30.3 Å². The molecule has 1 amide bonds. The van der Waals surface area contributed by atoms with Gasteiger partial charge in [-0.1, -0.05) is 12.1 Å². The number of nitrogens with zero attached hydrogens (tertiary/aromatic N) is 1. The molecule has 0 aliphatic carbocycles. The number of hydrogen-bond acceptors (Lipinski definition) is 5. The molecule has 0 radical (unpaired) electrons. The van der Waals surface area contributed by atoms with E-state index in [1.165, 1.54) is 0 Å². The third kappa shape index (κ3) is 4.93. The Morgan fingerprint density at radius 3 is 2.88 bits per heavy atom. The number of methoxy groups -OCH3 is 1. The predicted molar refractivity (Wildman–Crippen MR) is 95.9 cm³/mol. The van der Waals surface area contributed by atoms with Crippen molar-refractivity contribution < 1.29 is 14.3 Å². The summed E-state index contributed by atoms with van der Waals surface area (Å²) in [6.07, 6.45) is 4.08. The molecule has 1 aliphatic rings. The Hall–Kier alpha value is -2.60. The SMILES string of the molecule is COc1ccc(CNC(=O)c2cc(NCC3CCCO3)ccn2)cc1. The molecule has 6 heteroatoms. The summed E-state index contributed by atoms with van der Waals surface area (Å²) in [7, 11) is 1.63. The van der Waals surface area contributed by atoms with Crippen molar-refractivity contribution in [3.8, 4) is 5.75 Å². The van der Waals surface area contributed by atoms with Crippen LogP contribution >= 0.6 is 0 Å². The van der Waals surface area contributed by atoms with Crippen LogP contribution in [0.4, 0.5) is 5.69 Å². The average Bonchev–Trinajstić information content (AvgIpc) is 3.19. The van der Waals surface area contributed by atoms with Crippen LogP contribution < -0.4 is 15.4 Å². The van der Waals surface area contributed by atoms with Crippen LogP contribution in [0.5, 0.6) is 5.75 Å². The van der Waals surface area contributed by atoms with Crippen LogP contribution in [0.25, 0.3) is 0 Å². The van der Waals surface area contributed by atoms with Gasteiger partial charge in [-0.3, -0.25) is 9.78 Å². The van der Waals surface area contributed by atoms with E-state index >= 15 is 0 Å². The molecule has 2 aromatic rings. The molecule has 3 rings (SSSR count). The maximum absolute atomic E-state index is 12.3. The van der Waals surface area contributed by atoms with Crippen molar-refractivity contribution in [2.24, 2.45) is 0 Å². The van der Waals surface area contributed by atoms with Crippen molar-refractivity contribution in [3.05, 3.63) is 53.9 Å². The zero-order chi connectivity index (χ0) is 17.5. The van der Waals surface area contributed by atoms with Gasteiger partial charge in [-0.2, -0.15) is 0 Å². The Morgan fingerprint density at radius 1 is 1.32 bits per heavy atom. The molecule has 25 heavy (non-hydrogen) atoms. The van der Waals surface area contributed by atoms with Crippen LogP contribution in [0.3, 0.4) is 0 Å². The van der Waals surface area contributed by atoms with E-state index in [4.69, 9.17) is 9.47 Å². The number of nitrogens with one attached hydrogen (secondary N) is 2. The first kappa shape index (κ1) is 17.2. The largest absolute Gasteiger partial charge is 0.497 e. The van der Waals surface area contributed by atoms with Crippen LogP contribution in [0, 0.1) is 0 Å². The van der Waals surface area contributed by atoms with Gasteiger partial charge in [-0.15, -0.1) is 0 Å². The minimum absolute atomic E-state index is 0.198. The van der Waals surface area contributed by atoms with E-state index in [-0.39, 0.29) is 12.0 Å². The number of carbonyl (C=O) groups is 1. The number of hydrogen-bond donors (Lipinski definition) is 2. The van der Waals surface area contributed by atoms with Crippen LogP contribution in [-0.2, 0) is 11.3 Å². The zero-order valence-corrected chi connectivity index (χ0v) is 14.3. The highest BCUT2D eigenvalue weighted by atomic mass is 16.5. The third-order valence-electron chi connectivity index (χ3n) is 4.16. The summed E-state index contributed by atoms with van der Waals surface area (Å²) in [5, 5.41) is 6.19. The van der Waals surface area contributed by atoms with Gasteiger partial charge in [0.25, 0.3) is 5.91 Å². The summed E-state index contributed by atoms with van der Waals surface area (Å²) in [4.78, 5) is 16.5. The lowest BCUT2D eigenvalue weighted by Crippen LogP contribution is -2.24. The average molecular weight is 341 g/mol. The topological polar surface area (TPSA) is 72.5 Å². The van der Waals surface area contributed by atoms with Gasteiger partial charge in [0.15, 0.2) is 0 Å². The van der Waals surface area contributed by atoms with Crippen LogP contribution in [0.2, 0.25) is 0 Å². The highest BCUT2D eigenvalue weighted by Crippen LogP contribution is 2.15. The number of aromatic nitrogens is 1. The molecule has 1 saturated heterocycles. The first-order chi connectivity index (χ1) is 12.2. The summed E-state index contributed by atoms with van der Waals surface area (Å²) in [5.41, 5.74) is 2.27.